The number of aromatic nitrogens is 3. The van der Waals surface area contributed by atoms with E-state index in [0.717, 1.165) is 50.1 Å². The smallest absolute Gasteiger partial charge is 0.149 e. The van der Waals surface area contributed by atoms with Crippen LogP contribution in [0.5, 0.6) is 0 Å². The molecule has 0 saturated carbocycles. The van der Waals surface area contributed by atoms with Crippen molar-refractivity contribution >= 4 is 81.4 Å². The van der Waals surface area contributed by atoms with Crippen LogP contribution < -0.4 is 0 Å². The highest BCUT2D eigenvalue weighted by atomic mass is 15.1. The molecule has 0 bridgehead atoms. The molecule has 0 amide bonds. The van der Waals surface area contributed by atoms with Crippen molar-refractivity contribution in [2.24, 2.45) is 0 Å². The second kappa shape index (κ2) is 14.8. The molecule has 0 aliphatic rings. The summed E-state index contributed by atoms with van der Waals surface area (Å²) in [4.78, 5) is 10.6. The van der Waals surface area contributed by atoms with Crippen molar-refractivity contribution in [3.05, 3.63) is 237 Å². The molecule has 0 atom stereocenters. The third-order valence-electron chi connectivity index (χ3n) is 13.9. The molecule has 14 rings (SSSR count). The van der Waals surface area contributed by atoms with Gasteiger partial charge in [-0.05, 0) is 147 Å². The van der Waals surface area contributed by atoms with Gasteiger partial charge in [0.05, 0.1) is 16.6 Å². The Kier molecular flexibility index (Phi) is 8.28. The fourth-order valence-corrected chi connectivity index (χ4v) is 10.6. The van der Waals surface area contributed by atoms with E-state index in [-0.39, 0.29) is 0 Å². The molecular formula is C64H39N3. The van der Waals surface area contributed by atoms with Crippen molar-refractivity contribution in [3.8, 4) is 55.9 Å². The van der Waals surface area contributed by atoms with Gasteiger partial charge < -0.3 is 0 Å². The number of nitrogens with zero attached hydrogens (tertiary/aromatic N) is 3. The van der Waals surface area contributed by atoms with Gasteiger partial charge in [0.25, 0.3) is 0 Å². The fraction of sp³-hybridized carbons (Fsp3) is 0. The van der Waals surface area contributed by atoms with Crippen LogP contribution in [0.25, 0.3) is 137 Å². The number of rotatable bonds is 5. The molecule has 3 heteroatoms. The van der Waals surface area contributed by atoms with Crippen molar-refractivity contribution in [1.82, 2.24) is 14.4 Å². The Labute approximate surface area is 386 Å². The van der Waals surface area contributed by atoms with Gasteiger partial charge in [-0.3, -0.25) is 4.40 Å². The Morgan fingerprint density at radius 2 is 0.687 bits per heavy atom. The van der Waals surface area contributed by atoms with Crippen molar-refractivity contribution in [3.63, 3.8) is 0 Å². The first kappa shape index (κ1) is 37.5. The van der Waals surface area contributed by atoms with Crippen LogP contribution in [0, 0.1) is 0 Å². The molecule has 2 aromatic heterocycles. The molecule has 14 aromatic rings. The fourth-order valence-electron chi connectivity index (χ4n) is 10.6. The highest BCUT2D eigenvalue weighted by molar-refractivity contribution is 6.22. The summed E-state index contributed by atoms with van der Waals surface area (Å²) in [5.41, 5.74) is 14.4. The van der Waals surface area contributed by atoms with E-state index in [4.69, 9.17) is 9.97 Å². The molecule has 12 aromatic carbocycles. The number of imidazole rings is 1. The Hall–Kier alpha value is -8.92. The average Bonchev–Trinajstić information content (AvgIpc) is 3.79. The molecule has 0 unspecified atom stereocenters. The maximum atomic E-state index is 5.42. The lowest BCUT2D eigenvalue weighted by molar-refractivity contribution is 1.16. The number of fused-ring (bicyclic) bond motifs is 10. The largest absolute Gasteiger partial charge is 0.276 e. The standard InChI is InChI=1S/C64H39N3/c1-4-14-45-35-50(28-25-40(45)11-1)61-53-17-7-8-18-54(53)62(51-29-26-41-12-2-5-15-46(41)36-51)57-38-48(31-33-55(57)61)43-21-23-44(24-22-43)49-32-34-56-59(39-49)66-63(52-30-27-42-13-3-6-16-47(42)37-52)67-60-20-10-9-19-58(60)65-64(56)67/h1-39H. The summed E-state index contributed by atoms with van der Waals surface area (Å²) < 4.78 is 2.22. The molecule has 0 fully saturated rings. The molecular weight excluding hydrogens is 811 g/mol. The van der Waals surface area contributed by atoms with Crippen molar-refractivity contribution in [2.75, 3.05) is 0 Å². The van der Waals surface area contributed by atoms with Crippen LogP contribution in [0.2, 0.25) is 0 Å². The summed E-state index contributed by atoms with van der Waals surface area (Å²) in [5, 5.41) is 13.3. The minimum absolute atomic E-state index is 0.880. The Bertz CT molecular complexity index is 4330. The second-order valence-corrected chi connectivity index (χ2v) is 17.7. The summed E-state index contributed by atoms with van der Waals surface area (Å²) >= 11 is 0. The molecule has 310 valence electrons. The monoisotopic (exact) mass is 849 g/mol. The van der Waals surface area contributed by atoms with Gasteiger partial charge in [-0.2, -0.15) is 0 Å². The van der Waals surface area contributed by atoms with Gasteiger partial charge in [0.1, 0.15) is 11.5 Å². The number of benzene rings is 12. The average molecular weight is 850 g/mol. The van der Waals surface area contributed by atoms with Crippen molar-refractivity contribution < 1.29 is 0 Å². The maximum absolute atomic E-state index is 5.42. The molecule has 0 spiro atoms. The first-order chi connectivity index (χ1) is 33.2. The van der Waals surface area contributed by atoms with Crippen LogP contribution in [0.15, 0.2) is 237 Å². The predicted octanol–water partition coefficient (Wildman–Crippen LogP) is 17.1. The van der Waals surface area contributed by atoms with Crippen LogP contribution in [0.1, 0.15) is 0 Å². The SMILES string of the molecule is c1ccc2cc(-c3c4ccccc4c(-c4ccc5ccccc5c4)c4cc(-c5ccc(-c6ccc7c(c6)nc(-c6ccc8ccccc8c6)n6c8ccccc8nc76)cc5)ccc34)ccc2c1. The Morgan fingerprint density at radius 1 is 0.254 bits per heavy atom. The second-order valence-electron chi connectivity index (χ2n) is 17.7. The quantitative estimate of drug-likeness (QED) is 0.162. The first-order valence-corrected chi connectivity index (χ1v) is 23.0. The summed E-state index contributed by atoms with van der Waals surface area (Å²) in [6.07, 6.45) is 0. The molecule has 0 aliphatic heterocycles. The molecule has 0 radical (unpaired) electrons. The number of hydrogen-bond donors (Lipinski definition) is 0. The van der Waals surface area contributed by atoms with Crippen LogP contribution in [-0.4, -0.2) is 14.4 Å². The topological polar surface area (TPSA) is 30.2 Å². The van der Waals surface area contributed by atoms with Crippen LogP contribution >= 0.6 is 0 Å². The third kappa shape index (κ3) is 6.06. The zero-order chi connectivity index (χ0) is 44.0. The van der Waals surface area contributed by atoms with E-state index in [1.807, 2.05) is 0 Å². The van der Waals surface area contributed by atoms with E-state index in [1.165, 1.54) is 87.2 Å². The lowest BCUT2D eigenvalue weighted by atomic mass is 9.84. The lowest BCUT2D eigenvalue weighted by Gasteiger charge is -2.19. The zero-order valence-electron chi connectivity index (χ0n) is 36.4. The van der Waals surface area contributed by atoms with Gasteiger partial charge in [0, 0.05) is 10.9 Å². The minimum Gasteiger partial charge on any atom is -0.276 e. The predicted molar refractivity (Wildman–Crippen MR) is 283 cm³/mol. The van der Waals surface area contributed by atoms with E-state index in [2.05, 4.69) is 241 Å². The molecule has 0 N–H and O–H groups in total. The first-order valence-electron chi connectivity index (χ1n) is 23.0. The zero-order valence-corrected chi connectivity index (χ0v) is 36.4. The van der Waals surface area contributed by atoms with E-state index in [0.29, 0.717) is 0 Å². The molecule has 0 aliphatic carbocycles. The summed E-state index contributed by atoms with van der Waals surface area (Å²) in [5.74, 6) is 0.880. The summed E-state index contributed by atoms with van der Waals surface area (Å²) in [7, 11) is 0. The summed E-state index contributed by atoms with van der Waals surface area (Å²) in [6.45, 7) is 0. The molecule has 3 nitrogen and oxygen atoms in total. The minimum atomic E-state index is 0.880. The highest BCUT2D eigenvalue weighted by Crippen LogP contribution is 2.46. The Balaban J connectivity index is 0.918. The lowest BCUT2D eigenvalue weighted by Crippen LogP contribution is -1.98. The molecule has 0 saturated heterocycles. The van der Waals surface area contributed by atoms with E-state index in [1.54, 1.807) is 0 Å². The van der Waals surface area contributed by atoms with Gasteiger partial charge in [0.15, 0.2) is 0 Å². The van der Waals surface area contributed by atoms with Crippen molar-refractivity contribution in [1.29, 1.82) is 0 Å². The normalized spacial score (nSPS) is 11.9. The van der Waals surface area contributed by atoms with E-state index >= 15 is 0 Å². The molecule has 2 heterocycles. The van der Waals surface area contributed by atoms with Gasteiger partial charge in [-0.25, -0.2) is 9.97 Å². The van der Waals surface area contributed by atoms with Crippen LogP contribution in [0.3, 0.4) is 0 Å². The van der Waals surface area contributed by atoms with Crippen LogP contribution in [0.4, 0.5) is 0 Å². The third-order valence-corrected chi connectivity index (χ3v) is 13.9. The van der Waals surface area contributed by atoms with Gasteiger partial charge in [-0.1, -0.05) is 188 Å². The van der Waals surface area contributed by atoms with E-state index < -0.39 is 0 Å². The van der Waals surface area contributed by atoms with Crippen LogP contribution in [-0.2, 0) is 0 Å². The number of para-hydroxylation sites is 2. The summed E-state index contributed by atoms with van der Waals surface area (Å²) in [6, 6.07) is 86.2. The maximum Gasteiger partial charge on any atom is 0.149 e. The number of hydrogen-bond acceptors (Lipinski definition) is 2. The highest BCUT2D eigenvalue weighted by Gasteiger charge is 2.20. The molecule has 67 heavy (non-hydrogen) atoms. The van der Waals surface area contributed by atoms with Gasteiger partial charge >= 0.3 is 0 Å². The van der Waals surface area contributed by atoms with Gasteiger partial charge in [-0.15, -0.1) is 0 Å². The van der Waals surface area contributed by atoms with E-state index in [9.17, 15) is 0 Å². The van der Waals surface area contributed by atoms with Gasteiger partial charge in [0.2, 0.25) is 0 Å². The Morgan fingerprint density at radius 3 is 1.30 bits per heavy atom. The van der Waals surface area contributed by atoms with Crippen molar-refractivity contribution in [2.45, 2.75) is 0 Å².